The van der Waals surface area contributed by atoms with Crippen LogP contribution in [0.5, 0.6) is 5.75 Å². The second kappa shape index (κ2) is 5.07. The van der Waals surface area contributed by atoms with Gasteiger partial charge in [-0.3, -0.25) is 0 Å². The third-order valence-corrected chi connectivity index (χ3v) is 3.50. The van der Waals surface area contributed by atoms with Gasteiger partial charge in [-0.1, -0.05) is 24.4 Å². The summed E-state index contributed by atoms with van der Waals surface area (Å²) in [6, 6.07) is 4.24. The van der Waals surface area contributed by atoms with E-state index in [-0.39, 0.29) is 0 Å². The van der Waals surface area contributed by atoms with Crippen molar-refractivity contribution in [2.75, 3.05) is 0 Å². The van der Waals surface area contributed by atoms with Crippen molar-refractivity contribution in [2.24, 2.45) is 0 Å². The smallest absolute Gasteiger partial charge is 0.123 e. The molecule has 1 aliphatic carbocycles. The monoisotopic (exact) mass is 239 g/mol. The second-order valence-corrected chi connectivity index (χ2v) is 5.03. The highest BCUT2D eigenvalue weighted by molar-refractivity contribution is 6.30. The molecule has 2 rings (SSSR count). The molecule has 1 aliphatic rings. The first-order valence-electron chi connectivity index (χ1n) is 5.88. The number of nitrogens with one attached hydrogen (secondary N) is 1. The van der Waals surface area contributed by atoms with Gasteiger partial charge in [0, 0.05) is 23.2 Å². The van der Waals surface area contributed by atoms with Crippen LogP contribution in [-0.4, -0.2) is 11.1 Å². The van der Waals surface area contributed by atoms with Gasteiger partial charge in [0.05, 0.1) is 0 Å². The van der Waals surface area contributed by atoms with Gasteiger partial charge in [-0.15, -0.1) is 0 Å². The Balaban J connectivity index is 2.02. The third-order valence-electron chi connectivity index (χ3n) is 3.28. The normalized spacial score (nSPS) is 16.9. The number of aromatic hydroxyl groups is 1. The molecule has 0 spiro atoms. The predicted octanol–water partition coefficient (Wildman–Crippen LogP) is 3.39. The quantitative estimate of drug-likeness (QED) is 0.848. The van der Waals surface area contributed by atoms with Crippen LogP contribution in [0.3, 0.4) is 0 Å². The number of phenols is 1. The van der Waals surface area contributed by atoms with Crippen molar-refractivity contribution in [3.63, 3.8) is 0 Å². The first-order valence-corrected chi connectivity index (χ1v) is 6.26. The number of aryl methyl sites for hydroxylation is 1. The minimum atomic E-state index is 0.370. The van der Waals surface area contributed by atoms with Crippen LogP contribution in [0.25, 0.3) is 0 Å². The zero-order valence-electron chi connectivity index (χ0n) is 9.59. The van der Waals surface area contributed by atoms with Crippen molar-refractivity contribution in [3.8, 4) is 5.75 Å². The topological polar surface area (TPSA) is 32.3 Å². The molecule has 16 heavy (non-hydrogen) atoms. The van der Waals surface area contributed by atoms with E-state index in [2.05, 4.69) is 5.32 Å². The van der Waals surface area contributed by atoms with Crippen LogP contribution in [0.4, 0.5) is 0 Å². The highest BCUT2D eigenvalue weighted by Crippen LogP contribution is 2.27. The van der Waals surface area contributed by atoms with E-state index in [0.29, 0.717) is 23.4 Å². The summed E-state index contributed by atoms with van der Waals surface area (Å²) in [6.45, 7) is 2.58. The van der Waals surface area contributed by atoms with Crippen molar-refractivity contribution in [1.29, 1.82) is 0 Å². The van der Waals surface area contributed by atoms with E-state index in [1.54, 1.807) is 6.07 Å². The Kier molecular flexibility index (Phi) is 3.72. The molecule has 2 N–H and O–H groups in total. The van der Waals surface area contributed by atoms with Gasteiger partial charge in [-0.05, 0) is 37.5 Å². The maximum Gasteiger partial charge on any atom is 0.123 e. The van der Waals surface area contributed by atoms with Gasteiger partial charge in [0.2, 0.25) is 0 Å². The van der Waals surface area contributed by atoms with Crippen molar-refractivity contribution >= 4 is 11.6 Å². The summed E-state index contributed by atoms with van der Waals surface area (Å²) in [5.41, 5.74) is 1.74. The summed E-state index contributed by atoms with van der Waals surface area (Å²) in [5.74, 6) is 0.370. The molecule has 0 heterocycles. The van der Waals surface area contributed by atoms with Gasteiger partial charge in [-0.25, -0.2) is 0 Å². The first-order chi connectivity index (χ1) is 7.66. The maximum absolute atomic E-state index is 9.90. The van der Waals surface area contributed by atoms with Gasteiger partial charge >= 0.3 is 0 Å². The Morgan fingerprint density at radius 3 is 2.75 bits per heavy atom. The third kappa shape index (κ3) is 2.69. The predicted molar refractivity (Wildman–Crippen MR) is 66.9 cm³/mol. The summed E-state index contributed by atoms with van der Waals surface area (Å²) in [5, 5.41) is 14.1. The van der Waals surface area contributed by atoms with E-state index in [1.807, 2.05) is 13.0 Å². The van der Waals surface area contributed by atoms with Crippen molar-refractivity contribution < 1.29 is 5.11 Å². The Bertz CT molecular complexity index is 372. The molecule has 0 saturated heterocycles. The lowest BCUT2D eigenvalue weighted by Crippen LogP contribution is -2.25. The van der Waals surface area contributed by atoms with Gasteiger partial charge < -0.3 is 10.4 Å². The SMILES string of the molecule is Cc1cc(Cl)cc(CNC2CCCC2)c1O. The molecule has 1 saturated carbocycles. The summed E-state index contributed by atoms with van der Waals surface area (Å²) < 4.78 is 0. The number of benzene rings is 1. The summed E-state index contributed by atoms with van der Waals surface area (Å²) in [4.78, 5) is 0. The maximum atomic E-state index is 9.90. The van der Waals surface area contributed by atoms with Crippen LogP contribution in [0.15, 0.2) is 12.1 Å². The fourth-order valence-corrected chi connectivity index (χ4v) is 2.62. The summed E-state index contributed by atoms with van der Waals surface area (Å²) >= 11 is 5.98. The molecule has 1 aromatic rings. The number of halogens is 1. The van der Waals surface area contributed by atoms with E-state index < -0.39 is 0 Å². The molecule has 1 aromatic carbocycles. The Morgan fingerprint density at radius 1 is 1.38 bits per heavy atom. The number of hydrogen-bond donors (Lipinski definition) is 2. The van der Waals surface area contributed by atoms with Gasteiger partial charge in [0.1, 0.15) is 5.75 Å². The lowest BCUT2D eigenvalue weighted by Gasteiger charge is -2.14. The van der Waals surface area contributed by atoms with Crippen LogP contribution in [-0.2, 0) is 6.54 Å². The molecular formula is C13H18ClNO. The van der Waals surface area contributed by atoms with Crippen LogP contribution in [0.2, 0.25) is 5.02 Å². The van der Waals surface area contributed by atoms with Gasteiger partial charge in [0.15, 0.2) is 0 Å². The molecule has 0 radical (unpaired) electrons. The summed E-state index contributed by atoms with van der Waals surface area (Å²) in [6.07, 6.45) is 5.14. The lowest BCUT2D eigenvalue weighted by molar-refractivity contribution is 0.452. The molecule has 3 heteroatoms. The minimum Gasteiger partial charge on any atom is -0.507 e. The van der Waals surface area contributed by atoms with E-state index in [4.69, 9.17) is 11.6 Å². The average Bonchev–Trinajstić information content (AvgIpc) is 2.74. The zero-order chi connectivity index (χ0) is 11.5. The van der Waals surface area contributed by atoms with E-state index in [9.17, 15) is 5.11 Å². The van der Waals surface area contributed by atoms with E-state index >= 15 is 0 Å². The number of phenolic OH excluding ortho intramolecular Hbond substituents is 1. The zero-order valence-corrected chi connectivity index (χ0v) is 10.3. The minimum absolute atomic E-state index is 0.370. The Hall–Kier alpha value is -0.730. The van der Waals surface area contributed by atoms with Crippen LogP contribution in [0.1, 0.15) is 36.8 Å². The van der Waals surface area contributed by atoms with Crippen molar-refractivity contribution in [1.82, 2.24) is 5.32 Å². The van der Waals surface area contributed by atoms with E-state index in [1.165, 1.54) is 25.7 Å². The first kappa shape index (κ1) is 11.7. The second-order valence-electron chi connectivity index (χ2n) is 4.59. The fourth-order valence-electron chi connectivity index (χ4n) is 2.32. The molecular weight excluding hydrogens is 222 g/mol. The molecule has 0 amide bonds. The Morgan fingerprint density at radius 2 is 2.06 bits per heavy atom. The van der Waals surface area contributed by atoms with E-state index in [0.717, 1.165) is 11.1 Å². The van der Waals surface area contributed by atoms with Crippen molar-refractivity contribution in [3.05, 3.63) is 28.3 Å². The van der Waals surface area contributed by atoms with Crippen LogP contribution in [0, 0.1) is 6.92 Å². The highest BCUT2D eigenvalue weighted by atomic mass is 35.5. The standard InChI is InChI=1S/C13H18ClNO/c1-9-6-11(14)7-10(13(9)16)8-15-12-4-2-3-5-12/h6-7,12,15-16H,2-5,8H2,1H3. The lowest BCUT2D eigenvalue weighted by atomic mass is 10.1. The molecule has 1 fully saturated rings. The van der Waals surface area contributed by atoms with Gasteiger partial charge in [-0.2, -0.15) is 0 Å². The molecule has 0 atom stereocenters. The van der Waals surface area contributed by atoms with Crippen molar-refractivity contribution in [2.45, 2.75) is 45.2 Å². The number of hydrogen-bond acceptors (Lipinski definition) is 2. The van der Waals surface area contributed by atoms with Crippen LogP contribution >= 0.6 is 11.6 Å². The molecule has 0 aliphatic heterocycles. The Labute approximate surface area is 102 Å². The molecule has 2 nitrogen and oxygen atoms in total. The average molecular weight is 240 g/mol. The largest absolute Gasteiger partial charge is 0.507 e. The highest BCUT2D eigenvalue weighted by Gasteiger charge is 2.15. The fraction of sp³-hybridized carbons (Fsp3) is 0.538. The van der Waals surface area contributed by atoms with Crippen LogP contribution < -0.4 is 5.32 Å². The number of rotatable bonds is 3. The molecule has 0 unspecified atom stereocenters. The summed E-state index contributed by atoms with van der Waals surface area (Å²) in [7, 11) is 0. The molecule has 0 bridgehead atoms. The van der Waals surface area contributed by atoms with Gasteiger partial charge in [0.25, 0.3) is 0 Å². The molecule has 88 valence electrons. The molecule has 0 aromatic heterocycles.